The maximum atomic E-state index is 14.1. The van der Waals surface area contributed by atoms with E-state index in [1.165, 1.54) is 24.3 Å². The molecule has 2 aromatic rings. The van der Waals surface area contributed by atoms with E-state index >= 15 is 0 Å². The van der Waals surface area contributed by atoms with Gasteiger partial charge in [0.25, 0.3) is 0 Å². The molecule has 2 rings (SSSR count). The molecule has 0 saturated heterocycles. The molecule has 1 unspecified atom stereocenters. The van der Waals surface area contributed by atoms with Crippen LogP contribution in [0.25, 0.3) is 0 Å². The molecule has 0 aliphatic rings. The van der Waals surface area contributed by atoms with Gasteiger partial charge in [-0.15, -0.1) is 0 Å². The molecule has 0 aliphatic heterocycles. The molecule has 0 saturated carbocycles. The molecular formula is C15H11F2NOSe. The quantitative estimate of drug-likeness (QED) is 0.869. The van der Waals surface area contributed by atoms with Crippen molar-refractivity contribution in [1.29, 1.82) is 5.26 Å². The van der Waals surface area contributed by atoms with Gasteiger partial charge in [-0.3, -0.25) is 0 Å². The summed E-state index contributed by atoms with van der Waals surface area (Å²) in [6.45, 7) is 0. The summed E-state index contributed by atoms with van der Waals surface area (Å²) in [6.07, 6.45) is -1.87. The summed E-state index contributed by atoms with van der Waals surface area (Å²) < 4.78 is 28.7. The van der Waals surface area contributed by atoms with Crippen LogP contribution in [0.15, 0.2) is 54.6 Å². The van der Waals surface area contributed by atoms with Crippen molar-refractivity contribution in [2.45, 2.75) is 10.9 Å². The van der Waals surface area contributed by atoms with Crippen LogP contribution in [-0.2, 0) is 0 Å². The maximum absolute atomic E-state index is 14.1. The standard InChI is InChI=1S/C15H11F2NOSe/c16-15(17,20-13-4-2-1-3-5-13)14(19)12-8-6-11(10-18)7-9-12/h1-9,14,19H. The van der Waals surface area contributed by atoms with Crippen LogP contribution in [0.3, 0.4) is 0 Å². The van der Waals surface area contributed by atoms with Gasteiger partial charge in [0.05, 0.1) is 0 Å². The van der Waals surface area contributed by atoms with Gasteiger partial charge in [-0.05, 0) is 0 Å². The summed E-state index contributed by atoms with van der Waals surface area (Å²) in [4.78, 5) is -3.21. The Balaban J connectivity index is 2.17. The van der Waals surface area contributed by atoms with Crippen LogP contribution < -0.4 is 4.46 Å². The second-order valence-corrected chi connectivity index (χ2v) is 6.67. The average Bonchev–Trinajstić information content (AvgIpc) is 2.47. The van der Waals surface area contributed by atoms with Crippen molar-refractivity contribution < 1.29 is 13.9 Å². The summed E-state index contributed by atoms with van der Waals surface area (Å²) in [5.41, 5.74) is 0.490. The molecule has 1 atom stereocenters. The molecule has 0 aromatic heterocycles. The van der Waals surface area contributed by atoms with Gasteiger partial charge in [0.1, 0.15) is 0 Å². The minimum absolute atomic E-state index is 0.117. The number of alkyl halides is 2. The van der Waals surface area contributed by atoms with Crippen LogP contribution in [0.2, 0.25) is 0 Å². The molecule has 0 amide bonds. The molecular weight excluding hydrogens is 327 g/mol. The third kappa shape index (κ3) is 3.43. The normalized spacial score (nSPS) is 12.7. The number of rotatable bonds is 4. The fourth-order valence-corrected chi connectivity index (χ4v) is 3.43. The van der Waals surface area contributed by atoms with Crippen LogP contribution in [0.4, 0.5) is 8.78 Å². The molecule has 0 fully saturated rings. The Hall–Kier alpha value is -1.73. The second kappa shape index (κ2) is 6.15. The molecule has 0 aliphatic carbocycles. The number of halogens is 2. The van der Waals surface area contributed by atoms with Gasteiger partial charge in [-0.2, -0.15) is 0 Å². The number of aliphatic hydroxyl groups is 1. The molecule has 20 heavy (non-hydrogen) atoms. The Morgan fingerprint density at radius 1 is 1.05 bits per heavy atom. The first-order valence-corrected chi connectivity index (χ1v) is 7.54. The third-order valence-corrected chi connectivity index (χ3v) is 4.78. The van der Waals surface area contributed by atoms with Crippen molar-refractivity contribution in [3.05, 3.63) is 65.7 Å². The van der Waals surface area contributed by atoms with Crippen LogP contribution >= 0.6 is 0 Å². The molecule has 5 heteroatoms. The Morgan fingerprint density at radius 2 is 1.65 bits per heavy atom. The molecule has 2 nitrogen and oxygen atoms in total. The van der Waals surface area contributed by atoms with Crippen molar-refractivity contribution in [3.8, 4) is 6.07 Å². The van der Waals surface area contributed by atoms with Crippen molar-refractivity contribution in [2.75, 3.05) is 0 Å². The zero-order valence-electron chi connectivity index (χ0n) is 10.3. The average molecular weight is 338 g/mol. The number of aliphatic hydroxyl groups excluding tert-OH is 1. The second-order valence-electron chi connectivity index (χ2n) is 4.11. The van der Waals surface area contributed by atoms with Gasteiger partial charge < -0.3 is 0 Å². The van der Waals surface area contributed by atoms with Crippen molar-refractivity contribution in [1.82, 2.24) is 0 Å². The van der Waals surface area contributed by atoms with Crippen molar-refractivity contribution >= 4 is 19.4 Å². The Labute approximate surface area is 121 Å². The number of hydrogen-bond acceptors (Lipinski definition) is 2. The molecule has 0 heterocycles. The molecule has 0 spiro atoms. The van der Waals surface area contributed by atoms with E-state index < -0.39 is 25.9 Å². The summed E-state index contributed by atoms with van der Waals surface area (Å²) in [6, 6.07) is 15.9. The summed E-state index contributed by atoms with van der Waals surface area (Å²) in [5, 5.41) is 18.5. The number of benzene rings is 2. The van der Waals surface area contributed by atoms with Crippen molar-refractivity contribution in [2.24, 2.45) is 0 Å². The topological polar surface area (TPSA) is 44.0 Å². The van der Waals surface area contributed by atoms with E-state index in [1.807, 2.05) is 6.07 Å². The molecule has 0 bridgehead atoms. The Kier molecular flexibility index (Phi) is 4.51. The Morgan fingerprint density at radius 3 is 2.20 bits per heavy atom. The predicted octanol–water partition coefficient (Wildman–Crippen LogP) is 2.21. The van der Waals surface area contributed by atoms with Gasteiger partial charge in [-0.25, -0.2) is 0 Å². The van der Waals surface area contributed by atoms with Crippen LogP contribution in [0.5, 0.6) is 0 Å². The number of hydrogen-bond donors (Lipinski definition) is 1. The van der Waals surface area contributed by atoms with Gasteiger partial charge in [-0.1, -0.05) is 0 Å². The van der Waals surface area contributed by atoms with E-state index in [4.69, 9.17) is 5.26 Å². The number of nitrogens with zero attached hydrogens (tertiary/aromatic N) is 1. The van der Waals surface area contributed by atoms with Gasteiger partial charge in [0, 0.05) is 0 Å². The first-order valence-electron chi connectivity index (χ1n) is 5.83. The molecule has 2 aromatic carbocycles. The van der Waals surface area contributed by atoms with E-state index in [1.54, 1.807) is 30.3 Å². The van der Waals surface area contributed by atoms with E-state index in [0.29, 0.717) is 10.0 Å². The van der Waals surface area contributed by atoms with Crippen LogP contribution in [-0.4, -0.2) is 24.9 Å². The number of nitriles is 1. The van der Waals surface area contributed by atoms with Gasteiger partial charge in [0.2, 0.25) is 0 Å². The Bertz CT molecular complexity index is 608. The molecule has 0 radical (unpaired) electrons. The minimum atomic E-state index is -3.21. The van der Waals surface area contributed by atoms with Crippen LogP contribution in [0, 0.1) is 11.3 Å². The third-order valence-electron chi connectivity index (χ3n) is 2.67. The molecule has 1 N–H and O–H groups in total. The zero-order valence-corrected chi connectivity index (χ0v) is 12.0. The van der Waals surface area contributed by atoms with Gasteiger partial charge >= 0.3 is 121 Å². The molecule has 102 valence electrons. The first-order chi connectivity index (χ1) is 9.53. The van der Waals surface area contributed by atoms with Crippen LogP contribution in [0.1, 0.15) is 17.2 Å². The first kappa shape index (κ1) is 14.7. The monoisotopic (exact) mass is 339 g/mol. The zero-order chi connectivity index (χ0) is 14.6. The van der Waals surface area contributed by atoms with Crippen molar-refractivity contribution in [3.63, 3.8) is 0 Å². The van der Waals surface area contributed by atoms with E-state index in [-0.39, 0.29) is 5.56 Å². The summed E-state index contributed by atoms with van der Waals surface area (Å²) >= 11 is -1.17. The summed E-state index contributed by atoms with van der Waals surface area (Å²) in [7, 11) is 0. The van der Waals surface area contributed by atoms with E-state index in [2.05, 4.69) is 0 Å². The fraction of sp³-hybridized carbons (Fsp3) is 0.133. The fourth-order valence-electron chi connectivity index (χ4n) is 1.64. The van der Waals surface area contributed by atoms with Gasteiger partial charge in [0.15, 0.2) is 0 Å². The summed E-state index contributed by atoms with van der Waals surface area (Å²) in [5.74, 6) is 0. The van der Waals surface area contributed by atoms with E-state index in [9.17, 15) is 13.9 Å². The predicted molar refractivity (Wildman–Crippen MR) is 72.9 cm³/mol. The van der Waals surface area contributed by atoms with E-state index in [0.717, 1.165) is 0 Å². The SMILES string of the molecule is N#Cc1ccc(C(O)C(F)(F)[Se]c2ccccc2)cc1.